The first-order chi connectivity index (χ1) is 6.92. The molecule has 15 heavy (non-hydrogen) atoms. The predicted molar refractivity (Wildman–Crippen MR) is 58.9 cm³/mol. The molecular formula is C8H3BrF3NSSe. The maximum atomic E-state index is 12.0. The Bertz CT molecular complexity index is 415. The van der Waals surface area contributed by atoms with Gasteiger partial charge in [0.2, 0.25) is 0 Å². The van der Waals surface area contributed by atoms with E-state index in [1.54, 1.807) is 0 Å². The van der Waals surface area contributed by atoms with Gasteiger partial charge < -0.3 is 0 Å². The number of hydrogen-bond donors (Lipinski definition) is 0. The number of rotatable bonds is 2. The molecule has 1 aromatic rings. The molecule has 0 atom stereocenters. The quantitative estimate of drug-likeness (QED) is 0.444. The first-order valence-corrected chi connectivity index (χ1v) is 6.02. The number of alkyl halides is 3. The van der Waals surface area contributed by atoms with Crippen molar-refractivity contribution >= 4 is 53.7 Å². The van der Waals surface area contributed by atoms with Crippen molar-refractivity contribution in [3.63, 3.8) is 0 Å². The molecule has 0 unspecified atom stereocenters. The topological polar surface area (TPSA) is 12.4 Å². The predicted octanol–water partition coefficient (Wildman–Crippen LogP) is 3.77. The fourth-order valence-corrected chi connectivity index (χ4v) is 2.23. The summed E-state index contributed by atoms with van der Waals surface area (Å²) in [6, 6.07) is 4.22. The van der Waals surface area contributed by atoms with E-state index in [0.29, 0.717) is 10.2 Å². The number of benzene rings is 1. The van der Waals surface area contributed by atoms with E-state index in [4.69, 9.17) is 0 Å². The van der Waals surface area contributed by atoms with Crippen LogP contribution in [-0.4, -0.2) is 25.8 Å². The van der Waals surface area contributed by atoms with E-state index in [1.165, 1.54) is 18.2 Å². The van der Waals surface area contributed by atoms with Crippen molar-refractivity contribution in [1.29, 1.82) is 0 Å². The average molecular weight is 361 g/mol. The van der Waals surface area contributed by atoms with Crippen LogP contribution in [0.3, 0.4) is 0 Å². The van der Waals surface area contributed by atoms with Crippen LogP contribution in [0.2, 0.25) is 0 Å². The third-order valence-corrected chi connectivity index (χ3v) is 2.87. The van der Waals surface area contributed by atoms with Crippen molar-refractivity contribution in [2.45, 2.75) is 10.4 Å². The minimum atomic E-state index is -4.27. The van der Waals surface area contributed by atoms with Crippen LogP contribution in [-0.2, 0) is 0 Å². The molecule has 0 saturated heterocycles. The van der Waals surface area contributed by atoms with Gasteiger partial charge in [0.25, 0.3) is 0 Å². The average Bonchev–Trinajstić information content (AvgIpc) is 2.07. The van der Waals surface area contributed by atoms with Crippen LogP contribution in [0.1, 0.15) is 0 Å². The van der Waals surface area contributed by atoms with Gasteiger partial charge in [0.15, 0.2) is 0 Å². The molecule has 0 aliphatic carbocycles. The van der Waals surface area contributed by atoms with Crippen LogP contribution in [0.5, 0.6) is 0 Å². The van der Waals surface area contributed by atoms with Crippen LogP contribution in [0, 0.1) is 0 Å². The number of aliphatic imine (C=N–C) groups is 1. The zero-order valence-electron chi connectivity index (χ0n) is 7.01. The molecule has 0 saturated carbocycles. The minimum absolute atomic E-state index is 0.119. The summed E-state index contributed by atoms with van der Waals surface area (Å²) in [5, 5.41) is 0. The molecule has 0 bridgehead atoms. The van der Waals surface area contributed by atoms with E-state index in [1.807, 2.05) is 0 Å². The standard InChI is InChI=1S/C8H3BrF3NSSe/c9-6-3-5(14-8(10,11)12)1-2-7(6)13-4-15/h1-3H. The molecule has 0 spiro atoms. The van der Waals surface area contributed by atoms with Crippen LogP contribution in [0.4, 0.5) is 18.9 Å². The Kier molecular flexibility index (Phi) is 4.62. The van der Waals surface area contributed by atoms with Gasteiger partial charge in [-0.3, -0.25) is 0 Å². The Labute approximate surface area is 105 Å². The monoisotopic (exact) mass is 361 g/mol. The molecule has 0 aliphatic rings. The van der Waals surface area contributed by atoms with Crippen LogP contribution in [0.25, 0.3) is 0 Å². The van der Waals surface area contributed by atoms with E-state index in [0.717, 1.165) is 0 Å². The Morgan fingerprint density at radius 1 is 1.40 bits per heavy atom. The van der Waals surface area contributed by atoms with Gasteiger partial charge in [-0.1, -0.05) is 0 Å². The van der Waals surface area contributed by atoms with Gasteiger partial charge in [-0.25, -0.2) is 0 Å². The molecule has 0 aliphatic heterocycles. The summed E-state index contributed by atoms with van der Waals surface area (Å²) >= 11 is 5.42. The molecule has 80 valence electrons. The summed E-state index contributed by atoms with van der Waals surface area (Å²) in [7, 11) is 0. The maximum absolute atomic E-state index is 12.0. The summed E-state index contributed by atoms with van der Waals surface area (Å²) in [5.41, 5.74) is -3.74. The fraction of sp³-hybridized carbons (Fsp3) is 0.125. The van der Waals surface area contributed by atoms with Gasteiger partial charge in [-0.05, 0) is 0 Å². The SMILES string of the molecule is FC(F)(F)Sc1ccc(N=C=[Se])c(Br)c1. The summed E-state index contributed by atoms with van der Waals surface area (Å²) in [6.45, 7) is 0. The van der Waals surface area contributed by atoms with E-state index in [-0.39, 0.29) is 16.7 Å². The number of hydrogen-bond acceptors (Lipinski definition) is 2. The second kappa shape index (κ2) is 5.32. The summed E-state index contributed by atoms with van der Waals surface area (Å²) in [4.78, 5) is 3.92. The summed E-state index contributed by atoms with van der Waals surface area (Å²) in [6.07, 6.45) is 0. The molecule has 1 rings (SSSR count). The van der Waals surface area contributed by atoms with Gasteiger partial charge in [-0.15, -0.1) is 0 Å². The van der Waals surface area contributed by atoms with Gasteiger partial charge in [0.05, 0.1) is 0 Å². The van der Waals surface area contributed by atoms with Gasteiger partial charge in [-0.2, -0.15) is 0 Å². The number of thioether (sulfide) groups is 1. The van der Waals surface area contributed by atoms with E-state index >= 15 is 0 Å². The Balaban J connectivity index is 2.96. The molecule has 1 aromatic carbocycles. The molecular weight excluding hydrogens is 358 g/mol. The second-order valence-electron chi connectivity index (χ2n) is 2.36. The normalized spacial score (nSPS) is 10.9. The van der Waals surface area contributed by atoms with Gasteiger partial charge in [0, 0.05) is 0 Å². The van der Waals surface area contributed by atoms with E-state index < -0.39 is 5.51 Å². The second-order valence-corrected chi connectivity index (χ2v) is 4.74. The van der Waals surface area contributed by atoms with Crippen molar-refractivity contribution in [3.05, 3.63) is 22.7 Å². The zero-order valence-corrected chi connectivity index (χ0v) is 11.1. The Morgan fingerprint density at radius 3 is 2.53 bits per heavy atom. The Hall–Kier alpha value is -0.0605. The zero-order chi connectivity index (χ0) is 11.5. The summed E-state index contributed by atoms with van der Waals surface area (Å²) < 4.78 is 39.0. The molecule has 0 fully saturated rings. The van der Waals surface area contributed by atoms with E-state index in [2.05, 4.69) is 41.2 Å². The van der Waals surface area contributed by atoms with Gasteiger partial charge in [0.1, 0.15) is 0 Å². The summed E-state index contributed by atoms with van der Waals surface area (Å²) in [5.74, 6) is 0. The van der Waals surface area contributed by atoms with Crippen molar-refractivity contribution in [2.24, 2.45) is 4.99 Å². The molecule has 1 nitrogen and oxygen atoms in total. The van der Waals surface area contributed by atoms with Gasteiger partial charge >= 0.3 is 105 Å². The number of nitrogens with zero attached hydrogens (tertiary/aromatic N) is 1. The van der Waals surface area contributed by atoms with Crippen LogP contribution in [0.15, 0.2) is 32.6 Å². The first kappa shape index (κ1) is 13.0. The van der Waals surface area contributed by atoms with Crippen LogP contribution >= 0.6 is 27.7 Å². The number of halogens is 4. The van der Waals surface area contributed by atoms with E-state index in [9.17, 15) is 13.2 Å². The van der Waals surface area contributed by atoms with Crippen molar-refractivity contribution in [2.75, 3.05) is 0 Å². The van der Waals surface area contributed by atoms with Crippen molar-refractivity contribution in [3.8, 4) is 0 Å². The van der Waals surface area contributed by atoms with Crippen molar-refractivity contribution in [1.82, 2.24) is 0 Å². The molecule has 0 radical (unpaired) electrons. The van der Waals surface area contributed by atoms with Crippen LogP contribution < -0.4 is 0 Å². The van der Waals surface area contributed by atoms with Crippen molar-refractivity contribution < 1.29 is 13.2 Å². The molecule has 0 N–H and O–H groups in total. The molecule has 0 amide bonds. The molecule has 0 aromatic heterocycles. The third-order valence-electron chi connectivity index (χ3n) is 1.32. The molecule has 0 heterocycles. The molecule has 7 heteroatoms. The Morgan fingerprint density at radius 2 is 2.07 bits per heavy atom. The third kappa shape index (κ3) is 4.53. The fourth-order valence-electron chi connectivity index (χ4n) is 0.825. The first-order valence-electron chi connectivity index (χ1n) is 3.55.